The van der Waals surface area contributed by atoms with Crippen molar-refractivity contribution in [1.82, 2.24) is 49.8 Å². The Kier molecular flexibility index (Phi) is 10.2. The molecule has 0 radical (unpaired) electrons. The number of hydrogen-bond acceptors (Lipinski definition) is 12. The van der Waals surface area contributed by atoms with Gasteiger partial charge in [-0.1, -0.05) is 111 Å². The molecule has 0 spiro atoms. The Bertz CT molecular complexity index is 2800. The fourth-order valence-electron chi connectivity index (χ4n) is 6.98. The van der Waals surface area contributed by atoms with Crippen molar-refractivity contribution < 1.29 is 13.6 Å². The van der Waals surface area contributed by atoms with Gasteiger partial charge < -0.3 is 14.5 Å². The zero-order valence-electron chi connectivity index (χ0n) is 33.0. The molecule has 13 nitrogen and oxygen atoms in total. The standard InChI is InChI=1S/C32H18N8.C12H21N2O3PS/c1-2-10-18-17(9-1)25-33-26(18)38-28-21-13-5-6-14-22(21)30(35-28)40-32-24-16-8-7-15-23(24)31(36-32)39-29-20-12-4-3-11-19(20)27(34-29)37-25;1-6-15-18(19,16-7-2)17-11-8-10(5)13-12(14-11)9(3)4/h1-16H,(H2,33,34,35,36,37,38,39,40);8-9H,6-7H2,1-5H3. The topological polar surface area (TPSA) is 162 Å². The highest BCUT2D eigenvalue weighted by Crippen LogP contribution is 2.49. The Balaban J connectivity index is 0.000000201. The number of benzene rings is 4. The van der Waals surface area contributed by atoms with E-state index in [0.717, 1.165) is 55.3 Å². The smallest absolute Gasteiger partial charge is 0.381 e. The third kappa shape index (κ3) is 7.47. The second kappa shape index (κ2) is 15.8. The minimum Gasteiger partial charge on any atom is -0.406 e. The van der Waals surface area contributed by atoms with Gasteiger partial charge in [0.05, 0.1) is 13.2 Å². The van der Waals surface area contributed by atoms with Crippen molar-refractivity contribution in [3.05, 3.63) is 115 Å². The predicted molar refractivity (Wildman–Crippen MR) is 235 cm³/mol. The molecule has 0 atom stereocenters. The predicted octanol–water partition coefficient (Wildman–Crippen LogP) is 10.5. The summed E-state index contributed by atoms with van der Waals surface area (Å²) >= 11 is 5.32. The molecule has 0 saturated carbocycles. The molecule has 4 aromatic heterocycles. The van der Waals surface area contributed by atoms with Crippen LogP contribution in [0.1, 0.15) is 45.1 Å². The summed E-state index contributed by atoms with van der Waals surface area (Å²) in [6.45, 7) is 7.78. The van der Waals surface area contributed by atoms with Crippen molar-refractivity contribution in [3.63, 3.8) is 0 Å². The highest BCUT2D eigenvalue weighted by molar-refractivity contribution is 8.07. The van der Waals surface area contributed by atoms with Crippen LogP contribution in [0.5, 0.6) is 5.88 Å². The van der Waals surface area contributed by atoms with Crippen LogP contribution in [0.3, 0.4) is 0 Å². The van der Waals surface area contributed by atoms with Crippen LogP contribution >= 0.6 is 6.72 Å². The van der Waals surface area contributed by atoms with E-state index in [4.69, 9.17) is 55.3 Å². The molecule has 8 bridgehead atoms. The molecule has 0 fully saturated rings. The number of aromatic amines is 2. The van der Waals surface area contributed by atoms with E-state index in [1.54, 1.807) is 6.07 Å². The molecule has 6 heterocycles. The molecular weight excluding hydrogens is 780 g/mol. The molecule has 2 aliphatic heterocycles. The molecule has 59 heavy (non-hydrogen) atoms. The molecule has 0 aliphatic carbocycles. The number of nitrogens with zero attached hydrogens (tertiary/aromatic N) is 8. The van der Waals surface area contributed by atoms with Crippen molar-refractivity contribution in [2.45, 2.75) is 40.5 Å². The Morgan fingerprint density at radius 3 is 1.22 bits per heavy atom. The number of hydrogen-bond donors (Lipinski definition) is 2. The summed E-state index contributed by atoms with van der Waals surface area (Å²) in [6.07, 6.45) is 0. The van der Waals surface area contributed by atoms with Gasteiger partial charge >= 0.3 is 6.72 Å². The van der Waals surface area contributed by atoms with Crippen LogP contribution < -0.4 is 4.52 Å². The van der Waals surface area contributed by atoms with Crippen LogP contribution in [0.2, 0.25) is 0 Å². The quantitative estimate of drug-likeness (QED) is 0.147. The number of nitrogens with one attached hydrogen (secondary N) is 2. The lowest BCUT2D eigenvalue weighted by Crippen LogP contribution is -2.06. The van der Waals surface area contributed by atoms with E-state index in [1.165, 1.54) is 0 Å². The Labute approximate surface area is 344 Å². The number of aryl methyl sites for hydroxylation is 1. The first-order chi connectivity index (χ1) is 28.7. The van der Waals surface area contributed by atoms with E-state index in [9.17, 15) is 0 Å². The molecule has 0 unspecified atom stereocenters. The molecule has 0 amide bonds. The van der Waals surface area contributed by atoms with Gasteiger partial charge in [0.25, 0.3) is 0 Å². The maximum absolute atomic E-state index is 5.68. The maximum Gasteiger partial charge on any atom is 0.381 e. The number of rotatable bonds is 7. The lowest BCUT2D eigenvalue weighted by atomic mass is 10.1. The third-order valence-corrected chi connectivity index (χ3v) is 12.0. The molecule has 8 aromatic rings. The van der Waals surface area contributed by atoms with E-state index in [0.29, 0.717) is 65.0 Å². The van der Waals surface area contributed by atoms with Gasteiger partial charge in [-0.15, -0.1) is 0 Å². The lowest BCUT2D eigenvalue weighted by Gasteiger charge is -2.20. The van der Waals surface area contributed by atoms with Gasteiger partial charge in [0.1, 0.15) is 28.4 Å². The Hall–Kier alpha value is -6.31. The van der Waals surface area contributed by atoms with Gasteiger partial charge in [0, 0.05) is 73.3 Å². The van der Waals surface area contributed by atoms with Crippen LogP contribution in [0.25, 0.3) is 89.7 Å². The molecule has 294 valence electrons. The number of fused-ring (bicyclic) bond motifs is 20. The highest BCUT2D eigenvalue weighted by Gasteiger charge is 2.24. The Morgan fingerprint density at radius 1 is 0.525 bits per heavy atom. The van der Waals surface area contributed by atoms with E-state index in [-0.39, 0.29) is 5.92 Å². The zero-order valence-corrected chi connectivity index (χ0v) is 34.7. The van der Waals surface area contributed by atoms with Gasteiger partial charge in [-0.3, -0.25) is 9.05 Å². The van der Waals surface area contributed by atoms with Crippen LogP contribution in [0, 0.1) is 6.92 Å². The molecule has 2 aliphatic rings. The summed E-state index contributed by atoms with van der Waals surface area (Å²) < 4.78 is 16.6. The van der Waals surface area contributed by atoms with Crippen LogP contribution in [-0.4, -0.2) is 63.1 Å². The van der Waals surface area contributed by atoms with E-state index in [1.807, 2.05) is 132 Å². The van der Waals surface area contributed by atoms with E-state index in [2.05, 4.69) is 19.9 Å². The molecule has 4 aromatic carbocycles. The first-order valence-corrected chi connectivity index (χ1v) is 21.9. The van der Waals surface area contributed by atoms with Crippen molar-refractivity contribution >= 4 is 62.7 Å². The van der Waals surface area contributed by atoms with Crippen molar-refractivity contribution in [3.8, 4) is 51.4 Å². The third-order valence-electron chi connectivity index (χ3n) is 9.60. The number of H-pyrrole nitrogens is 2. The summed E-state index contributed by atoms with van der Waals surface area (Å²) in [5, 5.41) is 3.82. The summed E-state index contributed by atoms with van der Waals surface area (Å²) in [7, 11) is 0. The molecule has 2 N–H and O–H groups in total. The maximum atomic E-state index is 5.68. The normalized spacial score (nSPS) is 12.0. The second-order valence-electron chi connectivity index (χ2n) is 14.0. The monoisotopic (exact) mass is 818 g/mol. The Morgan fingerprint density at radius 2 is 0.881 bits per heavy atom. The van der Waals surface area contributed by atoms with Gasteiger partial charge in [-0.25, -0.2) is 34.9 Å². The zero-order chi connectivity index (χ0) is 40.7. The largest absolute Gasteiger partial charge is 0.406 e. The van der Waals surface area contributed by atoms with E-state index >= 15 is 0 Å². The fourth-order valence-corrected chi connectivity index (χ4v) is 8.97. The average Bonchev–Trinajstić information content (AvgIpc) is 3.97. The van der Waals surface area contributed by atoms with Gasteiger partial charge in [0.15, 0.2) is 23.3 Å². The van der Waals surface area contributed by atoms with Crippen LogP contribution in [-0.2, 0) is 20.9 Å². The summed E-state index contributed by atoms with van der Waals surface area (Å²) in [4.78, 5) is 45.5. The lowest BCUT2D eigenvalue weighted by molar-refractivity contribution is 0.215. The summed E-state index contributed by atoms with van der Waals surface area (Å²) in [6, 6.07) is 34.0. The van der Waals surface area contributed by atoms with Crippen LogP contribution in [0.4, 0.5) is 0 Å². The first kappa shape index (κ1) is 38.2. The summed E-state index contributed by atoms with van der Waals surface area (Å²) in [5.74, 6) is 3.75. The SMILES string of the molecule is CCOP(=S)(OCC)Oc1cc(C)nc(C(C)C)n1.c1ccc2c(c1)-c1nc-2nc2[nH]c(nc3nc(nc4[nH]c(n1)c1ccccc41)-c1ccccc1-3)c1ccccc21. The number of aromatic nitrogens is 10. The van der Waals surface area contributed by atoms with Gasteiger partial charge in [-0.05, 0) is 20.8 Å². The molecule has 0 saturated heterocycles. The molecule has 15 heteroatoms. The second-order valence-corrected chi connectivity index (χ2v) is 17.0. The van der Waals surface area contributed by atoms with Gasteiger partial charge in [0.2, 0.25) is 5.88 Å². The highest BCUT2D eigenvalue weighted by atomic mass is 32.5. The van der Waals surface area contributed by atoms with Crippen LogP contribution in [0.15, 0.2) is 103 Å². The molecular formula is C44H39N10O3PS. The van der Waals surface area contributed by atoms with Crippen molar-refractivity contribution in [1.29, 1.82) is 0 Å². The minimum atomic E-state index is -2.77. The van der Waals surface area contributed by atoms with Crippen molar-refractivity contribution in [2.75, 3.05) is 13.2 Å². The minimum absolute atomic E-state index is 0.222. The van der Waals surface area contributed by atoms with Gasteiger partial charge in [-0.2, -0.15) is 4.98 Å². The fraction of sp³-hybridized carbons (Fsp3) is 0.182. The van der Waals surface area contributed by atoms with Crippen molar-refractivity contribution in [2.24, 2.45) is 0 Å². The molecule has 10 rings (SSSR count). The summed E-state index contributed by atoms with van der Waals surface area (Å²) in [5.41, 5.74) is 7.28. The van der Waals surface area contributed by atoms with E-state index < -0.39 is 6.72 Å². The average molecular weight is 819 g/mol. The first-order valence-electron chi connectivity index (χ1n) is 19.3.